The first-order chi connectivity index (χ1) is 16.5. The van der Waals surface area contributed by atoms with Crippen LogP contribution in [0.5, 0.6) is 0 Å². The van der Waals surface area contributed by atoms with Crippen molar-refractivity contribution in [3.8, 4) is 0 Å². The fraction of sp³-hybridized carbons (Fsp3) is 0.615. The second-order valence-electron chi connectivity index (χ2n) is 9.39. The molecule has 188 valence electrons. The molecule has 0 aromatic heterocycles. The van der Waals surface area contributed by atoms with E-state index in [-0.39, 0.29) is 17.7 Å². The van der Waals surface area contributed by atoms with Crippen molar-refractivity contribution in [2.24, 2.45) is 17.8 Å². The highest BCUT2D eigenvalue weighted by Gasteiger charge is 2.35. The Morgan fingerprint density at radius 2 is 1.97 bits per heavy atom. The first-order valence-corrected chi connectivity index (χ1v) is 13.5. The zero-order chi connectivity index (χ0) is 24.2. The van der Waals surface area contributed by atoms with Crippen LogP contribution < -0.4 is 10.9 Å². The van der Waals surface area contributed by atoms with Gasteiger partial charge in [0.15, 0.2) is 6.29 Å². The van der Waals surface area contributed by atoms with Crippen molar-refractivity contribution in [1.82, 2.24) is 15.3 Å². The van der Waals surface area contributed by atoms with Gasteiger partial charge in [0.25, 0.3) is 0 Å². The van der Waals surface area contributed by atoms with Crippen molar-refractivity contribution in [3.63, 3.8) is 0 Å². The van der Waals surface area contributed by atoms with E-state index >= 15 is 0 Å². The van der Waals surface area contributed by atoms with E-state index in [0.717, 1.165) is 50.0 Å². The summed E-state index contributed by atoms with van der Waals surface area (Å²) < 4.78 is 7.50. The number of carbonyl (C=O) groups excluding carboxylic acids is 2. The Balaban J connectivity index is 1.72. The van der Waals surface area contributed by atoms with Crippen molar-refractivity contribution >= 4 is 29.8 Å². The molecule has 0 saturated carbocycles. The predicted molar refractivity (Wildman–Crippen MR) is 136 cm³/mol. The zero-order valence-corrected chi connectivity index (χ0v) is 21.2. The van der Waals surface area contributed by atoms with Gasteiger partial charge in [-0.25, -0.2) is 10.3 Å². The number of nitrogens with zero attached hydrogens (tertiary/aromatic N) is 1. The third-order valence-corrected chi connectivity index (χ3v) is 7.11. The fourth-order valence-electron chi connectivity index (χ4n) is 4.23. The number of carbonyl (C=O) groups is 2. The lowest BCUT2D eigenvalue weighted by Crippen LogP contribution is -2.48. The number of allylic oxidation sites excluding steroid dienone is 1. The van der Waals surface area contributed by atoms with E-state index in [2.05, 4.69) is 24.8 Å². The molecule has 1 unspecified atom stereocenters. The molecule has 3 atom stereocenters. The molecular weight excluding hydrogens is 450 g/mol. The summed E-state index contributed by atoms with van der Waals surface area (Å²) in [5.74, 6) is -0.154. The number of benzene rings is 1. The van der Waals surface area contributed by atoms with Crippen LogP contribution in [0, 0.1) is 17.8 Å². The van der Waals surface area contributed by atoms with E-state index in [1.54, 1.807) is 11.9 Å². The van der Waals surface area contributed by atoms with E-state index in [9.17, 15) is 9.59 Å². The summed E-state index contributed by atoms with van der Waals surface area (Å²) in [5.41, 5.74) is 6.74. The minimum atomic E-state index is -0.555. The average molecular weight is 490 g/mol. The van der Waals surface area contributed by atoms with Gasteiger partial charge >= 0.3 is 0 Å². The largest absolute Gasteiger partial charge is 0.350 e. The summed E-state index contributed by atoms with van der Waals surface area (Å²) in [4.78, 5) is 32.3. The predicted octanol–water partition coefficient (Wildman–Crippen LogP) is 4.72. The van der Waals surface area contributed by atoms with Crippen LogP contribution in [0.25, 0.3) is 6.08 Å². The van der Waals surface area contributed by atoms with Crippen molar-refractivity contribution in [3.05, 3.63) is 42.0 Å². The molecule has 2 heterocycles. The Bertz CT molecular complexity index is 778. The van der Waals surface area contributed by atoms with Gasteiger partial charge < -0.3 is 4.74 Å². The lowest BCUT2D eigenvalue weighted by Gasteiger charge is -2.31. The van der Waals surface area contributed by atoms with Crippen LogP contribution in [-0.4, -0.2) is 41.4 Å². The smallest absolute Gasteiger partial charge is 0.247 e. The van der Waals surface area contributed by atoms with E-state index in [0.29, 0.717) is 19.4 Å². The molecule has 2 N–H and O–H groups in total. The Morgan fingerprint density at radius 3 is 2.65 bits per heavy atom. The zero-order valence-electron chi connectivity index (χ0n) is 20.4. The summed E-state index contributed by atoms with van der Waals surface area (Å²) in [6.07, 6.45) is 9.57. The molecule has 0 spiro atoms. The number of ether oxygens (including phenoxy) is 1. The molecule has 2 aliphatic rings. The molecule has 3 rings (SSSR count). The number of hydroxylamine groups is 1. The molecule has 7 nitrogen and oxygen atoms in total. The first kappa shape index (κ1) is 26.7. The van der Waals surface area contributed by atoms with Gasteiger partial charge in [-0.15, -0.1) is 0 Å². The van der Waals surface area contributed by atoms with Crippen molar-refractivity contribution < 1.29 is 19.2 Å². The van der Waals surface area contributed by atoms with Crippen LogP contribution in [0.15, 0.2) is 36.4 Å². The minimum Gasteiger partial charge on any atom is -0.350 e. The van der Waals surface area contributed by atoms with E-state index in [1.807, 2.05) is 46.9 Å². The van der Waals surface area contributed by atoms with Gasteiger partial charge in [-0.3, -0.25) is 15.0 Å². The molecule has 1 aromatic rings. The third-order valence-electron chi connectivity index (χ3n) is 6.05. The average Bonchev–Trinajstić information content (AvgIpc) is 2.86. The number of nitrogens with one attached hydrogen (secondary N) is 2. The van der Waals surface area contributed by atoms with Crippen LogP contribution in [-0.2, 0) is 19.2 Å². The number of rotatable bonds is 11. The number of amides is 2. The second kappa shape index (κ2) is 14.5. The maximum Gasteiger partial charge on any atom is 0.247 e. The number of hydrogen-bond donors (Lipinski definition) is 2. The SMILES string of the molecule is CC(C)CC(C(=O)NN1CCCCS1)[C@@H](CC=Cc1ccccc1)C(=O)NO[C@H]1CCCCO1. The van der Waals surface area contributed by atoms with Gasteiger partial charge in [0.1, 0.15) is 0 Å². The van der Waals surface area contributed by atoms with Crippen LogP contribution in [0.2, 0.25) is 0 Å². The van der Waals surface area contributed by atoms with E-state index in [4.69, 9.17) is 9.57 Å². The van der Waals surface area contributed by atoms with Crippen LogP contribution in [0.4, 0.5) is 0 Å². The monoisotopic (exact) mass is 489 g/mol. The molecule has 2 amide bonds. The highest BCUT2D eigenvalue weighted by molar-refractivity contribution is 7.97. The third kappa shape index (κ3) is 9.06. The van der Waals surface area contributed by atoms with Gasteiger partial charge in [0.2, 0.25) is 11.8 Å². The molecule has 0 radical (unpaired) electrons. The molecule has 0 bridgehead atoms. The standard InChI is InChI=1S/C26H39N3O4S/c1-20(2)19-23(25(30)27-29-16-7-9-18-34-29)22(14-10-13-21-11-4-3-5-12-21)26(31)28-33-24-15-6-8-17-32-24/h3-5,10-13,20,22-24H,6-9,14-19H2,1-2H3,(H,27,30)(H,28,31)/t22-,23?,24+/m1/s1. The van der Waals surface area contributed by atoms with Gasteiger partial charge in [-0.05, 0) is 50.0 Å². The van der Waals surface area contributed by atoms with E-state index in [1.165, 1.54) is 0 Å². The maximum atomic E-state index is 13.4. The van der Waals surface area contributed by atoms with Gasteiger partial charge in [-0.1, -0.05) is 68.3 Å². The Kier molecular flexibility index (Phi) is 11.4. The lowest BCUT2D eigenvalue weighted by molar-refractivity contribution is -0.203. The quantitative estimate of drug-likeness (QED) is 0.346. The summed E-state index contributed by atoms with van der Waals surface area (Å²) >= 11 is 1.64. The Hall–Kier alpha value is -1.87. The lowest BCUT2D eigenvalue weighted by atomic mass is 9.82. The van der Waals surface area contributed by atoms with Crippen LogP contribution in [0.1, 0.15) is 64.4 Å². The van der Waals surface area contributed by atoms with Crippen LogP contribution >= 0.6 is 11.9 Å². The van der Waals surface area contributed by atoms with Crippen LogP contribution in [0.3, 0.4) is 0 Å². The summed E-state index contributed by atoms with van der Waals surface area (Å²) in [6.45, 7) is 5.61. The normalized spacial score (nSPS) is 21.3. The fourth-order valence-corrected chi connectivity index (χ4v) is 5.19. The summed E-state index contributed by atoms with van der Waals surface area (Å²) in [7, 11) is 0. The number of hydrazine groups is 1. The molecule has 8 heteroatoms. The van der Waals surface area contributed by atoms with Gasteiger partial charge in [0, 0.05) is 25.3 Å². The molecule has 1 aromatic carbocycles. The molecule has 34 heavy (non-hydrogen) atoms. The van der Waals surface area contributed by atoms with Crippen molar-refractivity contribution in [2.75, 3.05) is 18.9 Å². The van der Waals surface area contributed by atoms with Gasteiger partial charge in [-0.2, -0.15) is 4.41 Å². The van der Waals surface area contributed by atoms with Crippen molar-refractivity contribution in [2.45, 2.75) is 65.1 Å². The highest BCUT2D eigenvalue weighted by atomic mass is 32.2. The Labute approximate surface area is 208 Å². The first-order valence-electron chi connectivity index (χ1n) is 12.5. The molecular formula is C26H39N3O4S. The van der Waals surface area contributed by atoms with Crippen molar-refractivity contribution in [1.29, 1.82) is 0 Å². The maximum absolute atomic E-state index is 13.4. The minimum absolute atomic E-state index is 0.106. The van der Waals surface area contributed by atoms with Gasteiger partial charge in [0.05, 0.1) is 11.8 Å². The Morgan fingerprint density at radius 1 is 1.15 bits per heavy atom. The highest BCUT2D eigenvalue weighted by Crippen LogP contribution is 2.27. The van der Waals surface area contributed by atoms with E-state index < -0.39 is 18.1 Å². The molecule has 2 saturated heterocycles. The second-order valence-corrected chi connectivity index (χ2v) is 10.5. The molecule has 2 aliphatic heterocycles. The summed E-state index contributed by atoms with van der Waals surface area (Å²) in [5, 5.41) is 0. The topological polar surface area (TPSA) is 79.9 Å². The number of hydrogen-bond acceptors (Lipinski definition) is 6. The molecule has 2 fully saturated rings. The molecule has 0 aliphatic carbocycles. The summed E-state index contributed by atoms with van der Waals surface area (Å²) in [6, 6.07) is 9.96.